The van der Waals surface area contributed by atoms with Gasteiger partial charge in [-0.15, -0.1) is 5.10 Å². The third-order valence-electron chi connectivity index (χ3n) is 3.84. The Labute approximate surface area is 157 Å². The Morgan fingerprint density at radius 2 is 2.08 bits per heavy atom. The quantitative estimate of drug-likeness (QED) is 0.499. The highest BCUT2D eigenvalue weighted by Gasteiger charge is 2.06. The van der Waals surface area contributed by atoms with Crippen LogP contribution in [0.2, 0.25) is 0 Å². The van der Waals surface area contributed by atoms with Crippen LogP contribution in [0.4, 0.5) is 0 Å². The molecule has 2 heterocycles. The van der Waals surface area contributed by atoms with E-state index in [1.807, 2.05) is 30.5 Å². The van der Waals surface area contributed by atoms with Gasteiger partial charge in [-0.25, -0.2) is 4.68 Å². The Balaban J connectivity index is 1.44. The van der Waals surface area contributed by atoms with E-state index >= 15 is 0 Å². The summed E-state index contributed by atoms with van der Waals surface area (Å²) < 4.78 is 13.9. The van der Waals surface area contributed by atoms with E-state index in [1.165, 1.54) is 12.3 Å². The lowest BCUT2D eigenvalue weighted by atomic mass is 10.2. The fraction of sp³-hybridized carbons (Fsp3) is 0.105. The van der Waals surface area contributed by atoms with Gasteiger partial charge >= 0.3 is 0 Å². The minimum Gasteiger partial charge on any atom is -0.487 e. The summed E-state index contributed by atoms with van der Waals surface area (Å²) in [5.41, 5.74) is 2.26. The summed E-state index contributed by atoms with van der Waals surface area (Å²) in [7, 11) is 0. The molecule has 0 radical (unpaired) electrons. The van der Waals surface area contributed by atoms with Gasteiger partial charge in [0.2, 0.25) is 0 Å². The van der Waals surface area contributed by atoms with E-state index in [0.29, 0.717) is 23.3 Å². The first-order chi connectivity index (χ1) is 12.7. The number of benzene rings is 2. The fourth-order valence-corrected chi connectivity index (χ4v) is 3.06. The number of hydrogen-bond acceptors (Lipinski definition) is 5. The number of halogens is 1. The SMILES string of the molecule is O=c1ccoc2cc(OCc3cn(Cc4cccc(Br)c4)nn3)ccc12. The van der Waals surface area contributed by atoms with E-state index in [4.69, 9.17) is 9.15 Å². The molecule has 0 saturated carbocycles. The number of fused-ring (bicyclic) bond motifs is 1. The van der Waals surface area contributed by atoms with Crippen molar-refractivity contribution in [3.8, 4) is 5.75 Å². The molecule has 0 saturated heterocycles. The normalized spacial score (nSPS) is 11.0. The van der Waals surface area contributed by atoms with Crippen molar-refractivity contribution in [1.29, 1.82) is 0 Å². The first-order valence-corrected chi connectivity index (χ1v) is 8.74. The monoisotopic (exact) mass is 411 g/mol. The standard InChI is InChI=1S/C19H14BrN3O3/c20-14-3-1-2-13(8-14)10-23-11-15(21-22-23)12-26-16-4-5-17-18(24)6-7-25-19(17)9-16/h1-9,11H,10,12H2. The number of aromatic nitrogens is 3. The van der Waals surface area contributed by atoms with Gasteiger partial charge < -0.3 is 9.15 Å². The molecule has 2 aromatic heterocycles. The number of nitrogens with zero attached hydrogens (tertiary/aromatic N) is 3. The molecule has 0 bridgehead atoms. The summed E-state index contributed by atoms with van der Waals surface area (Å²) >= 11 is 3.46. The molecule has 0 atom stereocenters. The molecule has 4 rings (SSSR count). The molecule has 0 fully saturated rings. The van der Waals surface area contributed by atoms with Crippen LogP contribution in [0.25, 0.3) is 11.0 Å². The lowest BCUT2D eigenvalue weighted by Crippen LogP contribution is -2.00. The minimum absolute atomic E-state index is 0.0757. The average molecular weight is 412 g/mol. The van der Waals surface area contributed by atoms with Crippen LogP contribution in [0.15, 0.2) is 74.7 Å². The highest BCUT2D eigenvalue weighted by molar-refractivity contribution is 9.10. The molecule has 0 N–H and O–H groups in total. The van der Waals surface area contributed by atoms with Crippen LogP contribution in [0, 0.1) is 0 Å². The molecule has 130 valence electrons. The van der Waals surface area contributed by atoms with Crippen molar-refractivity contribution in [3.05, 3.63) is 86.9 Å². The molecule has 0 amide bonds. The summed E-state index contributed by atoms with van der Waals surface area (Å²) in [4.78, 5) is 11.7. The average Bonchev–Trinajstić information content (AvgIpc) is 3.07. The van der Waals surface area contributed by atoms with Gasteiger partial charge in [-0.05, 0) is 29.8 Å². The molecular formula is C19H14BrN3O3. The van der Waals surface area contributed by atoms with Crippen LogP contribution in [-0.4, -0.2) is 15.0 Å². The maximum atomic E-state index is 11.7. The summed E-state index contributed by atoms with van der Waals surface area (Å²) in [6, 6.07) is 14.6. The van der Waals surface area contributed by atoms with Crippen molar-refractivity contribution in [2.75, 3.05) is 0 Å². The molecule has 0 aliphatic carbocycles. The molecule has 0 spiro atoms. The van der Waals surface area contributed by atoms with Gasteiger partial charge in [0.1, 0.15) is 23.6 Å². The Hall–Kier alpha value is -2.93. The molecule has 6 nitrogen and oxygen atoms in total. The van der Waals surface area contributed by atoms with Gasteiger partial charge in [0, 0.05) is 16.6 Å². The van der Waals surface area contributed by atoms with Crippen molar-refractivity contribution in [2.45, 2.75) is 13.2 Å². The van der Waals surface area contributed by atoms with E-state index in [2.05, 4.69) is 26.2 Å². The molecular weight excluding hydrogens is 398 g/mol. The third kappa shape index (κ3) is 3.67. The van der Waals surface area contributed by atoms with E-state index in [0.717, 1.165) is 15.7 Å². The van der Waals surface area contributed by atoms with Crippen LogP contribution < -0.4 is 10.2 Å². The maximum absolute atomic E-state index is 11.7. The predicted octanol–water partition coefficient (Wildman–Crippen LogP) is 3.77. The molecule has 4 aromatic rings. The Bertz CT molecular complexity index is 1120. The zero-order valence-corrected chi connectivity index (χ0v) is 15.2. The molecule has 2 aromatic carbocycles. The second-order valence-electron chi connectivity index (χ2n) is 5.77. The van der Waals surface area contributed by atoms with E-state index in [-0.39, 0.29) is 12.0 Å². The second kappa shape index (κ2) is 7.13. The predicted molar refractivity (Wildman–Crippen MR) is 100 cm³/mol. The van der Waals surface area contributed by atoms with Crippen LogP contribution >= 0.6 is 15.9 Å². The number of ether oxygens (including phenoxy) is 1. The van der Waals surface area contributed by atoms with Crippen LogP contribution in [0.3, 0.4) is 0 Å². The largest absolute Gasteiger partial charge is 0.487 e. The third-order valence-corrected chi connectivity index (χ3v) is 4.33. The van der Waals surface area contributed by atoms with Crippen LogP contribution in [0.5, 0.6) is 5.75 Å². The lowest BCUT2D eigenvalue weighted by molar-refractivity contribution is 0.301. The fourth-order valence-electron chi connectivity index (χ4n) is 2.61. The minimum atomic E-state index is -0.0757. The Morgan fingerprint density at radius 1 is 1.15 bits per heavy atom. The first kappa shape index (κ1) is 16.5. The topological polar surface area (TPSA) is 70.2 Å². The van der Waals surface area contributed by atoms with Gasteiger partial charge in [0.05, 0.1) is 24.4 Å². The summed E-state index contributed by atoms with van der Waals surface area (Å²) in [5, 5.41) is 8.78. The highest BCUT2D eigenvalue weighted by Crippen LogP contribution is 2.19. The van der Waals surface area contributed by atoms with Gasteiger partial charge in [-0.2, -0.15) is 0 Å². The second-order valence-corrected chi connectivity index (χ2v) is 6.68. The van der Waals surface area contributed by atoms with E-state index in [1.54, 1.807) is 22.9 Å². The molecule has 0 unspecified atom stereocenters. The van der Waals surface area contributed by atoms with E-state index < -0.39 is 0 Å². The molecule has 26 heavy (non-hydrogen) atoms. The smallest absolute Gasteiger partial charge is 0.192 e. The number of rotatable bonds is 5. The lowest BCUT2D eigenvalue weighted by Gasteiger charge is -2.04. The van der Waals surface area contributed by atoms with Crippen molar-refractivity contribution < 1.29 is 9.15 Å². The van der Waals surface area contributed by atoms with Gasteiger partial charge in [0.15, 0.2) is 5.43 Å². The Morgan fingerprint density at radius 3 is 2.96 bits per heavy atom. The maximum Gasteiger partial charge on any atom is 0.192 e. The van der Waals surface area contributed by atoms with Crippen molar-refractivity contribution in [1.82, 2.24) is 15.0 Å². The van der Waals surface area contributed by atoms with Gasteiger partial charge in [-0.1, -0.05) is 33.3 Å². The molecule has 0 aliphatic heterocycles. The van der Waals surface area contributed by atoms with Crippen molar-refractivity contribution in [2.24, 2.45) is 0 Å². The first-order valence-electron chi connectivity index (χ1n) is 7.95. The molecule has 0 aliphatic rings. The highest BCUT2D eigenvalue weighted by atomic mass is 79.9. The van der Waals surface area contributed by atoms with Gasteiger partial charge in [-0.3, -0.25) is 4.79 Å². The van der Waals surface area contributed by atoms with Gasteiger partial charge in [0.25, 0.3) is 0 Å². The summed E-state index contributed by atoms with van der Waals surface area (Å²) in [6.07, 6.45) is 3.23. The van der Waals surface area contributed by atoms with Crippen LogP contribution in [-0.2, 0) is 13.2 Å². The zero-order chi connectivity index (χ0) is 17.9. The Kier molecular flexibility index (Phi) is 4.53. The summed E-state index contributed by atoms with van der Waals surface area (Å²) in [5.74, 6) is 0.605. The number of hydrogen-bond donors (Lipinski definition) is 0. The summed E-state index contributed by atoms with van der Waals surface area (Å²) in [6.45, 7) is 0.911. The molecule has 7 heteroatoms. The van der Waals surface area contributed by atoms with Crippen molar-refractivity contribution in [3.63, 3.8) is 0 Å². The van der Waals surface area contributed by atoms with Crippen molar-refractivity contribution >= 4 is 26.9 Å². The zero-order valence-electron chi connectivity index (χ0n) is 13.6. The van der Waals surface area contributed by atoms with E-state index in [9.17, 15) is 4.79 Å². The van der Waals surface area contributed by atoms with Crippen LogP contribution in [0.1, 0.15) is 11.3 Å².